The van der Waals surface area contributed by atoms with E-state index < -0.39 is 11.6 Å². The largest absolute Gasteiger partial charge is 0.494 e. The van der Waals surface area contributed by atoms with Crippen molar-refractivity contribution in [2.24, 2.45) is 0 Å². The standard InChI is InChI=1S/C25H27BN6O4/c1-4-35-26-20-11-10-17(12-19(20)25(2,3)36-26)29-24-27-13-18(23-32-28-15-34-23)22(31-24)30-21(14-33)16-8-6-5-7-9-16/h5-13,15,21,33H,4,14H2,1-3H3,(H2,27,29,30,31)/t21-/m1/s1. The molecule has 0 saturated heterocycles. The molecule has 1 aliphatic heterocycles. The van der Waals surface area contributed by atoms with Gasteiger partial charge in [0.2, 0.25) is 12.3 Å². The number of aliphatic hydroxyl groups excluding tert-OH is 1. The van der Waals surface area contributed by atoms with Crippen LogP contribution < -0.4 is 16.1 Å². The van der Waals surface area contributed by atoms with Crippen molar-refractivity contribution in [1.29, 1.82) is 0 Å². The zero-order valence-electron chi connectivity index (χ0n) is 20.3. The van der Waals surface area contributed by atoms with Crippen LogP contribution in [0.1, 0.15) is 37.9 Å². The molecule has 0 aliphatic carbocycles. The zero-order valence-corrected chi connectivity index (χ0v) is 20.3. The summed E-state index contributed by atoms with van der Waals surface area (Å²) in [5, 5.41) is 24.4. The molecule has 4 aromatic rings. The van der Waals surface area contributed by atoms with Crippen LogP contribution in [0, 0.1) is 0 Å². The number of hydrogen-bond donors (Lipinski definition) is 3. The van der Waals surface area contributed by atoms with E-state index in [1.54, 1.807) is 6.20 Å². The summed E-state index contributed by atoms with van der Waals surface area (Å²) in [7, 11) is -0.386. The molecular weight excluding hydrogens is 459 g/mol. The van der Waals surface area contributed by atoms with Crippen LogP contribution >= 0.6 is 0 Å². The van der Waals surface area contributed by atoms with Gasteiger partial charge in [0.05, 0.1) is 23.8 Å². The topological polar surface area (TPSA) is 127 Å². The number of aliphatic hydroxyl groups is 1. The molecule has 36 heavy (non-hydrogen) atoms. The van der Waals surface area contributed by atoms with Crippen molar-refractivity contribution in [3.8, 4) is 11.5 Å². The highest BCUT2D eigenvalue weighted by atomic mass is 16.6. The fourth-order valence-corrected chi connectivity index (χ4v) is 4.24. The summed E-state index contributed by atoms with van der Waals surface area (Å²) in [6.07, 6.45) is 2.85. The molecule has 184 valence electrons. The van der Waals surface area contributed by atoms with Crippen molar-refractivity contribution in [3.05, 3.63) is 72.2 Å². The van der Waals surface area contributed by atoms with E-state index in [1.807, 2.05) is 69.3 Å². The van der Waals surface area contributed by atoms with Gasteiger partial charge in [-0.3, -0.25) is 0 Å². The average molecular weight is 486 g/mol. The fourth-order valence-electron chi connectivity index (χ4n) is 4.24. The van der Waals surface area contributed by atoms with E-state index in [1.165, 1.54) is 6.39 Å². The molecule has 0 amide bonds. The van der Waals surface area contributed by atoms with E-state index in [9.17, 15) is 5.11 Å². The third-order valence-corrected chi connectivity index (χ3v) is 6.01. The first kappa shape index (κ1) is 23.9. The van der Waals surface area contributed by atoms with Gasteiger partial charge in [-0.15, -0.1) is 10.2 Å². The first-order valence-electron chi connectivity index (χ1n) is 11.7. The summed E-state index contributed by atoms with van der Waals surface area (Å²) in [4.78, 5) is 9.15. The van der Waals surface area contributed by atoms with Gasteiger partial charge in [0.15, 0.2) is 0 Å². The summed E-state index contributed by atoms with van der Waals surface area (Å²) in [5.74, 6) is 1.08. The molecule has 2 aromatic carbocycles. The van der Waals surface area contributed by atoms with Crippen LogP contribution in [0.3, 0.4) is 0 Å². The molecule has 0 unspecified atom stereocenters. The Bertz CT molecular complexity index is 1320. The molecule has 0 spiro atoms. The second-order valence-corrected chi connectivity index (χ2v) is 8.83. The van der Waals surface area contributed by atoms with Crippen LogP contribution in [-0.2, 0) is 14.9 Å². The number of rotatable bonds is 9. The van der Waals surface area contributed by atoms with Crippen molar-refractivity contribution < 1.29 is 18.8 Å². The number of nitrogens with zero attached hydrogens (tertiary/aromatic N) is 4. The van der Waals surface area contributed by atoms with E-state index in [4.69, 9.17) is 13.7 Å². The SMILES string of the molecule is CCOB1OC(C)(C)c2cc(Nc3ncc(-c4nnco4)c(N[C@H](CO)c4ccccc4)n3)ccc21. The van der Waals surface area contributed by atoms with Crippen LogP contribution in [0.2, 0.25) is 0 Å². The molecule has 0 radical (unpaired) electrons. The lowest BCUT2D eigenvalue weighted by Gasteiger charge is -2.21. The van der Waals surface area contributed by atoms with Gasteiger partial charge in [-0.25, -0.2) is 4.98 Å². The molecule has 0 saturated carbocycles. The van der Waals surface area contributed by atoms with E-state index in [0.29, 0.717) is 23.9 Å². The molecule has 3 N–H and O–H groups in total. The van der Waals surface area contributed by atoms with E-state index in [0.717, 1.165) is 22.3 Å². The maximum Gasteiger partial charge on any atom is 0.494 e. The Hall–Kier alpha value is -3.80. The first-order valence-corrected chi connectivity index (χ1v) is 11.7. The van der Waals surface area contributed by atoms with E-state index in [2.05, 4.69) is 30.8 Å². The van der Waals surface area contributed by atoms with Gasteiger partial charge in [-0.1, -0.05) is 36.4 Å². The van der Waals surface area contributed by atoms with Crippen molar-refractivity contribution in [3.63, 3.8) is 0 Å². The molecule has 10 nitrogen and oxygen atoms in total. The number of hydrogen-bond acceptors (Lipinski definition) is 10. The number of aromatic nitrogens is 4. The lowest BCUT2D eigenvalue weighted by molar-refractivity contribution is 0.0867. The van der Waals surface area contributed by atoms with Gasteiger partial charge < -0.3 is 29.5 Å². The number of fused-ring (bicyclic) bond motifs is 1. The van der Waals surface area contributed by atoms with Gasteiger partial charge >= 0.3 is 7.12 Å². The molecule has 5 rings (SSSR count). The molecule has 1 atom stereocenters. The number of anilines is 3. The minimum absolute atomic E-state index is 0.138. The van der Waals surface area contributed by atoms with Crippen LogP contribution in [0.5, 0.6) is 0 Å². The second-order valence-electron chi connectivity index (χ2n) is 8.83. The lowest BCUT2D eigenvalue weighted by atomic mass is 9.77. The minimum atomic E-state index is -0.494. The van der Waals surface area contributed by atoms with Crippen LogP contribution in [0.15, 0.2) is 65.5 Å². The average Bonchev–Trinajstić information content (AvgIpc) is 3.50. The Balaban J connectivity index is 1.46. The van der Waals surface area contributed by atoms with Gasteiger partial charge in [0.1, 0.15) is 5.82 Å². The Kier molecular flexibility index (Phi) is 6.68. The molecule has 1 aliphatic rings. The monoisotopic (exact) mass is 486 g/mol. The Morgan fingerprint density at radius 2 is 2.00 bits per heavy atom. The zero-order chi connectivity index (χ0) is 25.1. The highest BCUT2D eigenvalue weighted by Gasteiger charge is 2.42. The number of nitrogens with one attached hydrogen (secondary N) is 2. The van der Waals surface area contributed by atoms with Crippen LogP contribution in [0.25, 0.3) is 11.5 Å². The van der Waals surface area contributed by atoms with Crippen LogP contribution in [0.4, 0.5) is 17.5 Å². The Morgan fingerprint density at radius 1 is 1.17 bits per heavy atom. The van der Waals surface area contributed by atoms with Crippen LogP contribution in [-0.4, -0.2) is 45.6 Å². The fraction of sp³-hybridized carbons (Fsp3) is 0.280. The van der Waals surface area contributed by atoms with Gasteiger partial charge in [0, 0.05) is 18.5 Å². The van der Waals surface area contributed by atoms with Crippen molar-refractivity contribution in [2.75, 3.05) is 23.8 Å². The molecule has 11 heteroatoms. The molecule has 0 bridgehead atoms. The smallest absolute Gasteiger partial charge is 0.423 e. The third kappa shape index (κ3) is 4.81. The molecule has 3 heterocycles. The predicted molar refractivity (Wildman–Crippen MR) is 136 cm³/mol. The molecule has 0 fully saturated rings. The predicted octanol–water partition coefficient (Wildman–Crippen LogP) is 3.41. The van der Waals surface area contributed by atoms with E-state index in [-0.39, 0.29) is 19.6 Å². The molecular formula is C25H27BN6O4. The van der Waals surface area contributed by atoms with Gasteiger partial charge in [-0.05, 0) is 49.5 Å². The summed E-state index contributed by atoms with van der Waals surface area (Å²) < 4.78 is 17.2. The van der Waals surface area contributed by atoms with E-state index >= 15 is 0 Å². The quantitative estimate of drug-likeness (QED) is 0.303. The minimum Gasteiger partial charge on any atom is -0.423 e. The summed E-state index contributed by atoms with van der Waals surface area (Å²) in [6, 6.07) is 15.2. The van der Waals surface area contributed by atoms with Gasteiger partial charge in [-0.2, -0.15) is 4.98 Å². The summed E-state index contributed by atoms with van der Waals surface area (Å²) >= 11 is 0. The first-order chi connectivity index (χ1) is 17.5. The lowest BCUT2D eigenvalue weighted by Crippen LogP contribution is -2.32. The normalized spacial score (nSPS) is 14.9. The highest BCUT2D eigenvalue weighted by molar-refractivity contribution is 6.63. The molecule has 2 aromatic heterocycles. The number of benzene rings is 2. The Morgan fingerprint density at radius 3 is 2.72 bits per heavy atom. The van der Waals surface area contributed by atoms with Crippen molar-refractivity contribution in [1.82, 2.24) is 20.2 Å². The summed E-state index contributed by atoms with van der Waals surface area (Å²) in [6.45, 7) is 6.41. The second kappa shape index (κ2) is 10.1. The Labute approximate surface area is 209 Å². The van der Waals surface area contributed by atoms with Crippen molar-refractivity contribution in [2.45, 2.75) is 32.4 Å². The van der Waals surface area contributed by atoms with Crippen molar-refractivity contribution >= 4 is 30.0 Å². The highest BCUT2D eigenvalue weighted by Crippen LogP contribution is 2.33. The van der Waals surface area contributed by atoms with Gasteiger partial charge in [0.25, 0.3) is 5.89 Å². The third-order valence-electron chi connectivity index (χ3n) is 6.01. The maximum atomic E-state index is 10.1. The summed E-state index contributed by atoms with van der Waals surface area (Å²) in [5.41, 5.74) is 3.80. The maximum absolute atomic E-state index is 10.1.